The van der Waals surface area contributed by atoms with Gasteiger partial charge in [0.25, 0.3) is 10.0 Å². The summed E-state index contributed by atoms with van der Waals surface area (Å²) >= 11 is 0. The number of sulfonamides is 1. The molecule has 6 nitrogen and oxygen atoms in total. The van der Waals surface area contributed by atoms with Crippen molar-refractivity contribution in [2.75, 3.05) is 18.5 Å². The normalized spacial score (nSPS) is 11.1. The molecule has 0 bridgehead atoms. The third-order valence-corrected chi connectivity index (χ3v) is 6.09. The van der Waals surface area contributed by atoms with Crippen molar-refractivity contribution < 1.29 is 17.9 Å². The standard InChI is InChI=1S/C21H22N2O4S/c1-16-6-4-8-18(12-16)23(15-17-7-5-11-22-14-17)28(24,25)21-10-9-19(26-2)13-20(21)27-3/h4-14H,15H2,1-3H3. The van der Waals surface area contributed by atoms with Crippen molar-refractivity contribution in [1.29, 1.82) is 0 Å². The average molecular weight is 398 g/mol. The molecule has 0 radical (unpaired) electrons. The Labute approximate surface area is 165 Å². The van der Waals surface area contributed by atoms with Gasteiger partial charge in [-0.3, -0.25) is 9.29 Å². The summed E-state index contributed by atoms with van der Waals surface area (Å²) in [5.41, 5.74) is 2.31. The summed E-state index contributed by atoms with van der Waals surface area (Å²) in [6, 6.07) is 15.7. The number of anilines is 1. The predicted octanol–water partition coefficient (Wildman–Crippen LogP) is 3.80. The van der Waals surface area contributed by atoms with E-state index in [-0.39, 0.29) is 17.2 Å². The van der Waals surface area contributed by atoms with Gasteiger partial charge in [0.2, 0.25) is 0 Å². The third-order valence-electron chi connectivity index (χ3n) is 4.28. The molecule has 3 rings (SSSR count). The first-order valence-corrected chi connectivity index (χ1v) is 10.1. The minimum Gasteiger partial charge on any atom is -0.497 e. The Hall–Kier alpha value is -3.06. The highest BCUT2D eigenvalue weighted by Crippen LogP contribution is 2.34. The van der Waals surface area contributed by atoms with Gasteiger partial charge in [-0.25, -0.2) is 8.42 Å². The smallest absolute Gasteiger partial charge is 0.268 e. The lowest BCUT2D eigenvalue weighted by Crippen LogP contribution is -2.31. The Morgan fingerprint density at radius 3 is 2.46 bits per heavy atom. The first kappa shape index (κ1) is 19.7. The molecule has 0 spiro atoms. The van der Waals surface area contributed by atoms with Gasteiger partial charge in [0.1, 0.15) is 16.4 Å². The highest BCUT2D eigenvalue weighted by molar-refractivity contribution is 7.92. The molecule has 3 aromatic rings. The molecule has 7 heteroatoms. The number of benzene rings is 2. The summed E-state index contributed by atoms with van der Waals surface area (Å²) in [5.74, 6) is 0.744. The summed E-state index contributed by atoms with van der Waals surface area (Å²) in [7, 11) is -0.957. The van der Waals surface area contributed by atoms with E-state index in [1.807, 2.05) is 31.2 Å². The van der Waals surface area contributed by atoms with Crippen LogP contribution < -0.4 is 13.8 Å². The first-order valence-electron chi connectivity index (χ1n) is 8.66. The monoisotopic (exact) mass is 398 g/mol. The molecule has 0 aliphatic carbocycles. The molecule has 0 N–H and O–H groups in total. The molecule has 146 valence electrons. The second kappa shape index (κ2) is 8.31. The maximum absolute atomic E-state index is 13.6. The van der Waals surface area contributed by atoms with Crippen LogP contribution in [0.15, 0.2) is 71.9 Å². The zero-order valence-electron chi connectivity index (χ0n) is 16.0. The number of aromatic nitrogens is 1. The van der Waals surface area contributed by atoms with Gasteiger partial charge >= 0.3 is 0 Å². The van der Waals surface area contributed by atoms with Crippen molar-refractivity contribution in [1.82, 2.24) is 4.98 Å². The predicted molar refractivity (Wildman–Crippen MR) is 108 cm³/mol. The fourth-order valence-corrected chi connectivity index (χ4v) is 4.45. The van der Waals surface area contributed by atoms with E-state index in [0.29, 0.717) is 11.4 Å². The van der Waals surface area contributed by atoms with Crippen LogP contribution in [0, 0.1) is 6.92 Å². The lowest BCUT2D eigenvalue weighted by atomic mass is 10.2. The molecule has 0 fully saturated rings. The quantitative estimate of drug-likeness (QED) is 0.605. The number of pyridine rings is 1. The fourth-order valence-electron chi connectivity index (χ4n) is 2.86. The first-order chi connectivity index (χ1) is 13.5. The summed E-state index contributed by atoms with van der Waals surface area (Å²) < 4.78 is 39.1. The Morgan fingerprint density at radius 1 is 1.00 bits per heavy atom. The number of hydrogen-bond donors (Lipinski definition) is 0. The lowest BCUT2D eigenvalue weighted by Gasteiger charge is -2.26. The molecule has 0 atom stereocenters. The van der Waals surface area contributed by atoms with E-state index >= 15 is 0 Å². The van der Waals surface area contributed by atoms with Crippen LogP contribution in [0.25, 0.3) is 0 Å². The van der Waals surface area contributed by atoms with Crippen LogP contribution in [0.5, 0.6) is 11.5 Å². The minimum absolute atomic E-state index is 0.0706. The van der Waals surface area contributed by atoms with Crippen molar-refractivity contribution in [3.8, 4) is 11.5 Å². The third kappa shape index (κ3) is 4.09. The van der Waals surface area contributed by atoms with E-state index in [1.165, 1.54) is 24.6 Å². The Morgan fingerprint density at radius 2 is 1.82 bits per heavy atom. The molecule has 0 saturated carbocycles. The summed E-state index contributed by atoms with van der Waals surface area (Å²) in [6.07, 6.45) is 3.31. The van der Waals surface area contributed by atoms with Gasteiger partial charge in [-0.1, -0.05) is 18.2 Å². The molecular weight excluding hydrogens is 376 g/mol. The second-order valence-corrected chi connectivity index (χ2v) is 8.06. The highest BCUT2D eigenvalue weighted by Gasteiger charge is 2.29. The molecule has 1 heterocycles. The van der Waals surface area contributed by atoms with Crippen LogP contribution >= 0.6 is 0 Å². The molecule has 1 aromatic heterocycles. The molecule has 0 amide bonds. The highest BCUT2D eigenvalue weighted by atomic mass is 32.2. The zero-order chi connectivity index (χ0) is 20.1. The van der Waals surface area contributed by atoms with Crippen molar-refractivity contribution in [2.24, 2.45) is 0 Å². The number of nitrogens with zero attached hydrogens (tertiary/aromatic N) is 2. The molecule has 0 saturated heterocycles. The van der Waals surface area contributed by atoms with Crippen LogP contribution in [0.4, 0.5) is 5.69 Å². The summed E-state index contributed by atoms with van der Waals surface area (Å²) in [4.78, 5) is 4.17. The molecule has 28 heavy (non-hydrogen) atoms. The fraction of sp³-hybridized carbons (Fsp3) is 0.190. The number of hydrogen-bond acceptors (Lipinski definition) is 5. The Bertz CT molecular complexity index is 1050. The zero-order valence-corrected chi connectivity index (χ0v) is 16.8. The average Bonchev–Trinajstić information content (AvgIpc) is 2.72. The molecule has 0 aliphatic heterocycles. The second-order valence-electron chi connectivity index (χ2n) is 6.23. The SMILES string of the molecule is COc1ccc(S(=O)(=O)N(Cc2cccnc2)c2cccc(C)c2)c(OC)c1. The van der Waals surface area contributed by atoms with Crippen LogP contribution in [0.3, 0.4) is 0 Å². The molecule has 0 unspecified atom stereocenters. The van der Waals surface area contributed by atoms with Gasteiger partial charge in [0.05, 0.1) is 26.5 Å². The van der Waals surface area contributed by atoms with E-state index in [4.69, 9.17) is 9.47 Å². The van der Waals surface area contributed by atoms with E-state index in [9.17, 15) is 8.42 Å². The van der Waals surface area contributed by atoms with E-state index in [0.717, 1.165) is 11.1 Å². The van der Waals surface area contributed by atoms with Crippen LogP contribution in [-0.2, 0) is 16.6 Å². The van der Waals surface area contributed by atoms with Gasteiger partial charge in [-0.15, -0.1) is 0 Å². The number of methoxy groups -OCH3 is 2. The Kier molecular flexibility index (Phi) is 5.84. The van der Waals surface area contributed by atoms with Crippen molar-refractivity contribution in [3.63, 3.8) is 0 Å². The van der Waals surface area contributed by atoms with Gasteiger partial charge in [0, 0.05) is 18.5 Å². The molecule has 2 aromatic carbocycles. The van der Waals surface area contributed by atoms with Gasteiger partial charge in [-0.2, -0.15) is 0 Å². The van der Waals surface area contributed by atoms with Crippen molar-refractivity contribution >= 4 is 15.7 Å². The molecule has 0 aliphatic rings. The van der Waals surface area contributed by atoms with Gasteiger partial charge in [0.15, 0.2) is 0 Å². The van der Waals surface area contributed by atoms with E-state index in [2.05, 4.69) is 4.98 Å². The van der Waals surface area contributed by atoms with Crippen LogP contribution in [0.2, 0.25) is 0 Å². The largest absolute Gasteiger partial charge is 0.497 e. The lowest BCUT2D eigenvalue weighted by molar-refractivity contribution is 0.386. The maximum Gasteiger partial charge on any atom is 0.268 e. The van der Waals surface area contributed by atoms with Crippen LogP contribution in [-0.4, -0.2) is 27.6 Å². The number of aryl methyl sites for hydroxylation is 1. The minimum atomic E-state index is -3.91. The summed E-state index contributed by atoms with van der Waals surface area (Å²) in [6.45, 7) is 2.07. The maximum atomic E-state index is 13.6. The topological polar surface area (TPSA) is 68.7 Å². The number of rotatable bonds is 7. The Balaban J connectivity index is 2.13. The van der Waals surface area contributed by atoms with Gasteiger partial charge in [-0.05, 0) is 48.4 Å². The van der Waals surface area contributed by atoms with E-state index in [1.54, 1.807) is 36.7 Å². The molecular formula is C21H22N2O4S. The van der Waals surface area contributed by atoms with E-state index < -0.39 is 10.0 Å². The van der Waals surface area contributed by atoms with Crippen molar-refractivity contribution in [3.05, 3.63) is 78.1 Å². The van der Waals surface area contributed by atoms with Crippen LogP contribution in [0.1, 0.15) is 11.1 Å². The van der Waals surface area contributed by atoms with Gasteiger partial charge < -0.3 is 9.47 Å². The summed E-state index contributed by atoms with van der Waals surface area (Å²) in [5, 5.41) is 0. The number of ether oxygens (including phenoxy) is 2. The van der Waals surface area contributed by atoms with Crippen molar-refractivity contribution in [2.45, 2.75) is 18.4 Å².